The van der Waals surface area contributed by atoms with Crippen molar-refractivity contribution < 1.29 is 13.9 Å². The minimum Gasteiger partial charge on any atom is -0.464 e. The van der Waals surface area contributed by atoms with Gasteiger partial charge in [-0.2, -0.15) is 0 Å². The highest BCUT2D eigenvalue weighted by Gasteiger charge is 2.33. The van der Waals surface area contributed by atoms with Crippen LogP contribution in [0.2, 0.25) is 0 Å². The van der Waals surface area contributed by atoms with Gasteiger partial charge in [-0.25, -0.2) is 14.4 Å². The summed E-state index contributed by atoms with van der Waals surface area (Å²) in [6.45, 7) is 10.2. The van der Waals surface area contributed by atoms with E-state index in [0.717, 1.165) is 64.4 Å². The van der Waals surface area contributed by atoms with Crippen molar-refractivity contribution in [3.05, 3.63) is 88.1 Å². The number of imidazole rings is 2. The van der Waals surface area contributed by atoms with Crippen LogP contribution in [0.5, 0.6) is 5.75 Å². The summed E-state index contributed by atoms with van der Waals surface area (Å²) in [6, 6.07) is 16.0. The number of hydrogen-bond donors (Lipinski definition) is 4. The number of aromatic nitrogens is 5. The lowest BCUT2D eigenvalue weighted by molar-refractivity contribution is -0.135. The molecule has 1 saturated heterocycles. The number of nitrogens with one attached hydrogen (secondary N) is 4. The molecule has 4 aromatic heterocycles. The molecule has 10 nitrogen and oxygen atoms in total. The number of hydrogen-bond acceptors (Lipinski definition) is 7. The maximum absolute atomic E-state index is 16.5. The van der Waals surface area contributed by atoms with Gasteiger partial charge < -0.3 is 30.2 Å². The maximum atomic E-state index is 16.5. The molecule has 0 radical (unpaired) electrons. The molecule has 0 spiro atoms. The number of carbonyl (C=O) groups is 1. The van der Waals surface area contributed by atoms with E-state index in [4.69, 9.17) is 4.74 Å². The summed E-state index contributed by atoms with van der Waals surface area (Å²) in [5.74, 6) is 1.87. The first kappa shape index (κ1) is 34.3. The van der Waals surface area contributed by atoms with Gasteiger partial charge in [0, 0.05) is 27.9 Å². The first-order chi connectivity index (χ1) is 25.2. The van der Waals surface area contributed by atoms with Crippen molar-refractivity contribution in [3.63, 3.8) is 0 Å². The Morgan fingerprint density at radius 2 is 1.92 bits per heavy atom. The van der Waals surface area contributed by atoms with Crippen LogP contribution in [0.25, 0.3) is 44.7 Å². The Labute approximate surface area is 306 Å². The van der Waals surface area contributed by atoms with Crippen LogP contribution in [0.15, 0.2) is 60.9 Å². The standard InChI is InChI=1S/C40H45FN8O2S/c1-6-14-48(39(50)37(42-5)22(2)3)21-35-44-19-30(46-35)25-16-27(41)36-32-17-26-15-24(29-20-45-38(47-29)28-8-7-13-43-28)10-11-31(26)49(32)40(51-33(36)18-25)34-12-9-23(4)52-34/h9-12,15-20,22,28,37,40,42-43H,6-8,13-14,21H2,1-5H3,(H,44,46)(H,45,47)/t28-,37?,40?/m0/s1. The van der Waals surface area contributed by atoms with E-state index >= 15 is 4.39 Å². The minimum absolute atomic E-state index is 0.0404. The summed E-state index contributed by atoms with van der Waals surface area (Å²) in [7, 11) is 1.82. The number of aryl methyl sites for hydroxylation is 1. The second-order valence-corrected chi connectivity index (χ2v) is 15.6. The van der Waals surface area contributed by atoms with Gasteiger partial charge >= 0.3 is 0 Å². The second-order valence-electron chi connectivity index (χ2n) is 14.3. The van der Waals surface area contributed by atoms with Crippen molar-refractivity contribution in [2.75, 3.05) is 20.1 Å². The fraction of sp³-hybridized carbons (Fsp3) is 0.375. The van der Waals surface area contributed by atoms with Gasteiger partial charge in [-0.15, -0.1) is 11.3 Å². The number of likely N-dealkylation sites (N-methyl/N-ethyl adjacent to an activating group) is 1. The normalized spacial score (nSPS) is 17.4. The SMILES string of the molecule is CCCN(Cc1ncc(-c2cc(F)c3c(c2)OC(c2ccc(C)s2)n2c-3cc3cc(-c4cnc([C@@H]5CCCN5)[nH]4)ccc32)[nH]1)C(=O)C(NC)C(C)C. The molecule has 1 fully saturated rings. The molecule has 1 amide bonds. The highest BCUT2D eigenvalue weighted by Crippen LogP contribution is 2.48. The molecular weight excluding hydrogens is 676 g/mol. The lowest BCUT2D eigenvalue weighted by Crippen LogP contribution is -2.48. The maximum Gasteiger partial charge on any atom is 0.240 e. The summed E-state index contributed by atoms with van der Waals surface area (Å²) in [4.78, 5) is 33.6. The molecular formula is C40H45FN8O2S. The fourth-order valence-electron chi connectivity index (χ4n) is 7.70. The third-order valence-corrected chi connectivity index (χ3v) is 11.3. The molecule has 6 heterocycles. The highest BCUT2D eigenvalue weighted by molar-refractivity contribution is 7.12. The third-order valence-electron chi connectivity index (χ3n) is 10.3. The zero-order valence-corrected chi connectivity index (χ0v) is 31.0. The van der Waals surface area contributed by atoms with E-state index in [2.05, 4.69) is 85.4 Å². The minimum atomic E-state index is -0.474. The smallest absolute Gasteiger partial charge is 0.240 e. The monoisotopic (exact) mass is 720 g/mol. The number of fused-ring (bicyclic) bond motifs is 5. The molecule has 2 aliphatic rings. The zero-order chi connectivity index (χ0) is 36.1. The van der Waals surface area contributed by atoms with E-state index in [-0.39, 0.29) is 29.7 Å². The van der Waals surface area contributed by atoms with E-state index in [1.807, 2.05) is 38.1 Å². The number of aromatic amines is 2. The average molecular weight is 721 g/mol. The molecule has 0 bridgehead atoms. The number of carbonyl (C=O) groups excluding carboxylic acids is 1. The number of ether oxygens (including phenoxy) is 1. The summed E-state index contributed by atoms with van der Waals surface area (Å²) in [5.41, 5.74) is 5.40. The molecule has 2 unspecified atom stereocenters. The van der Waals surface area contributed by atoms with Crippen LogP contribution in [0, 0.1) is 18.7 Å². The predicted octanol–water partition coefficient (Wildman–Crippen LogP) is 7.94. The molecule has 2 aliphatic heterocycles. The molecule has 0 aliphatic carbocycles. The van der Waals surface area contributed by atoms with E-state index < -0.39 is 6.23 Å². The van der Waals surface area contributed by atoms with Gasteiger partial charge in [-0.1, -0.05) is 26.8 Å². The van der Waals surface area contributed by atoms with Gasteiger partial charge in [0.2, 0.25) is 12.1 Å². The topological polar surface area (TPSA) is 116 Å². The lowest BCUT2D eigenvalue weighted by Gasteiger charge is -2.30. The fourth-order valence-corrected chi connectivity index (χ4v) is 8.59. The van der Waals surface area contributed by atoms with Crippen LogP contribution >= 0.6 is 11.3 Å². The Hall–Kier alpha value is -4.78. The first-order valence-electron chi connectivity index (χ1n) is 18.2. The summed E-state index contributed by atoms with van der Waals surface area (Å²) >= 11 is 1.67. The van der Waals surface area contributed by atoms with Crippen molar-refractivity contribution >= 4 is 28.1 Å². The average Bonchev–Trinajstić information content (AvgIpc) is 3.97. The Morgan fingerprint density at radius 3 is 2.65 bits per heavy atom. The number of benzene rings is 2. The first-order valence-corrected chi connectivity index (χ1v) is 19.0. The van der Waals surface area contributed by atoms with Crippen LogP contribution in [0.1, 0.15) is 73.7 Å². The van der Waals surface area contributed by atoms with Crippen molar-refractivity contribution in [1.29, 1.82) is 0 Å². The lowest BCUT2D eigenvalue weighted by atomic mass is 10.0. The van der Waals surface area contributed by atoms with Crippen LogP contribution < -0.4 is 15.4 Å². The van der Waals surface area contributed by atoms with Gasteiger partial charge in [-0.05, 0) is 88.2 Å². The molecule has 270 valence electrons. The number of nitrogens with zero attached hydrogens (tertiary/aromatic N) is 4. The van der Waals surface area contributed by atoms with Gasteiger partial charge in [0.15, 0.2) is 0 Å². The van der Waals surface area contributed by atoms with Crippen molar-refractivity contribution in [1.82, 2.24) is 40.0 Å². The van der Waals surface area contributed by atoms with Gasteiger partial charge in [0.25, 0.3) is 0 Å². The number of thiophene rings is 1. The largest absolute Gasteiger partial charge is 0.464 e. The van der Waals surface area contributed by atoms with Crippen LogP contribution in [-0.4, -0.2) is 61.5 Å². The summed E-state index contributed by atoms with van der Waals surface area (Å²) in [5, 5.41) is 7.66. The molecule has 4 N–H and O–H groups in total. The quantitative estimate of drug-likeness (QED) is 0.108. The number of amides is 1. The van der Waals surface area contributed by atoms with Gasteiger partial charge in [0.1, 0.15) is 23.2 Å². The second kappa shape index (κ2) is 14.0. The van der Waals surface area contributed by atoms with Crippen molar-refractivity contribution in [3.8, 4) is 39.5 Å². The van der Waals surface area contributed by atoms with E-state index in [1.54, 1.807) is 17.5 Å². The number of halogens is 1. The molecule has 3 atom stereocenters. The Bertz CT molecular complexity index is 2240. The van der Waals surface area contributed by atoms with Crippen molar-refractivity contribution in [2.24, 2.45) is 5.92 Å². The third kappa shape index (κ3) is 6.22. The Morgan fingerprint density at radius 1 is 1.10 bits per heavy atom. The Kier molecular flexibility index (Phi) is 9.23. The number of H-pyrrole nitrogens is 2. The van der Waals surface area contributed by atoms with Crippen LogP contribution in [-0.2, 0) is 11.3 Å². The highest BCUT2D eigenvalue weighted by atomic mass is 32.1. The molecule has 52 heavy (non-hydrogen) atoms. The molecule has 0 saturated carbocycles. The van der Waals surface area contributed by atoms with Gasteiger partial charge in [0.05, 0.1) is 64.1 Å². The van der Waals surface area contributed by atoms with Crippen LogP contribution in [0.4, 0.5) is 4.39 Å². The molecule has 8 rings (SSSR count). The molecule has 12 heteroatoms. The summed E-state index contributed by atoms with van der Waals surface area (Å²) in [6.07, 6.45) is 6.17. The van der Waals surface area contributed by atoms with E-state index in [1.165, 1.54) is 10.9 Å². The van der Waals surface area contributed by atoms with E-state index in [0.29, 0.717) is 41.5 Å². The number of rotatable bonds is 11. The summed E-state index contributed by atoms with van der Waals surface area (Å²) < 4.78 is 25.3. The molecule has 6 aromatic rings. The van der Waals surface area contributed by atoms with Crippen LogP contribution in [0.3, 0.4) is 0 Å². The molecule has 2 aromatic carbocycles. The van der Waals surface area contributed by atoms with Crippen molar-refractivity contribution in [2.45, 2.75) is 71.8 Å². The Balaban J connectivity index is 1.15. The van der Waals surface area contributed by atoms with E-state index in [9.17, 15) is 4.79 Å². The zero-order valence-electron chi connectivity index (χ0n) is 30.2. The van der Waals surface area contributed by atoms with Gasteiger partial charge in [-0.3, -0.25) is 9.36 Å². The predicted molar refractivity (Wildman–Crippen MR) is 204 cm³/mol.